The van der Waals surface area contributed by atoms with Crippen LogP contribution in [-0.4, -0.2) is 52.1 Å². The lowest BCUT2D eigenvalue weighted by Gasteiger charge is -2.14. The Morgan fingerprint density at radius 1 is 0.927 bits per heavy atom. The molecule has 5 aromatic rings. The molecule has 3 aromatic heterocycles. The number of anilines is 1. The minimum absolute atomic E-state index is 0.126. The van der Waals surface area contributed by atoms with Crippen LogP contribution >= 0.6 is 0 Å². The predicted molar refractivity (Wildman–Crippen MR) is 168 cm³/mol. The minimum Gasteiger partial charge on any atom is -0.490 e. The third-order valence-electron chi connectivity index (χ3n) is 7.67. The van der Waals surface area contributed by atoms with Gasteiger partial charge in [0, 0.05) is 41.3 Å². The fourth-order valence-electron chi connectivity index (χ4n) is 5.50. The van der Waals surface area contributed by atoms with Crippen molar-refractivity contribution in [2.75, 3.05) is 32.0 Å². The maximum atomic E-state index is 6.42. The summed E-state index contributed by atoms with van der Waals surface area (Å²) in [5.74, 6) is 1.08. The van der Waals surface area contributed by atoms with Gasteiger partial charge >= 0.3 is 0 Å². The summed E-state index contributed by atoms with van der Waals surface area (Å²) in [7, 11) is 0. The maximum Gasteiger partial charge on any atom is 0.138 e. The van der Waals surface area contributed by atoms with E-state index in [0.717, 1.165) is 57.9 Å². The Morgan fingerprint density at radius 2 is 1.78 bits per heavy atom. The van der Waals surface area contributed by atoms with Gasteiger partial charge < -0.3 is 21.1 Å². The first-order valence-electron chi connectivity index (χ1n) is 14.4. The number of rotatable bonds is 10. The molecule has 6 rings (SSSR count). The van der Waals surface area contributed by atoms with E-state index < -0.39 is 0 Å². The van der Waals surface area contributed by atoms with Crippen LogP contribution in [0.25, 0.3) is 39.0 Å². The average Bonchev–Trinajstić information content (AvgIpc) is 3.52. The van der Waals surface area contributed by atoms with E-state index in [0.29, 0.717) is 18.2 Å². The Labute approximate surface area is 240 Å². The van der Waals surface area contributed by atoms with E-state index in [1.54, 1.807) is 12.4 Å². The van der Waals surface area contributed by atoms with E-state index >= 15 is 0 Å². The van der Waals surface area contributed by atoms with Crippen molar-refractivity contribution < 1.29 is 4.74 Å². The van der Waals surface area contributed by atoms with E-state index in [2.05, 4.69) is 63.4 Å². The molecular weight excluding hydrogens is 508 g/mol. The molecule has 1 aliphatic rings. The lowest BCUT2D eigenvalue weighted by molar-refractivity contribution is 0.286. The summed E-state index contributed by atoms with van der Waals surface area (Å²) in [6.07, 6.45) is 14.2. The van der Waals surface area contributed by atoms with Gasteiger partial charge in [0.1, 0.15) is 18.2 Å². The summed E-state index contributed by atoms with van der Waals surface area (Å²) in [4.78, 5) is 16.3. The number of ether oxygens (including phenoxy) is 1. The lowest BCUT2D eigenvalue weighted by atomic mass is 10.0. The highest BCUT2D eigenvalue weighted by atomic mass is 16.5. The molecule has 0 radical (unpaired) electrons. The third-order valence-corrected chi connectivity index (χ3v) is 7.67. The highest BCUT2D eigenvalue weighted by molar-refractivity contribution is 6.10. The van der Waals surface area contributed by atoms with E-state index in [-0.39, 0.29) is 6.04 Å². The lowest BCUT2D eigenvalue weighted by Crippen LogP contribution is -2.30. The molecule has 0 spiro atoms. The van der Waals surface area contributed by atoms with Crippen LogP contribution in [0.1, 0.15) is 30.4 Å². The second-order valence-electron chi connectivity index (χ2n) is 10.8. The van der Waals surface area contributed by atoms with Crippen LogP contribution in [0.15, 0.2) is 85.3 Å². The normalized spacial score (nSPS) is 14.8. The van der Waals surface area contributed by atoms with Gasteiger partial charge in [-0.15, -0.1) is 0 Å². The van der Waals surface area contributed by atoms with Gasteiger partial charge in [-0.05, 0) is 73.5 Å². The molecular formula is C34H36N6O. The van der Waals surface area contributed by atoms with Gasteiger partial charge in [-0.2, -0.15) is 0 Å². The molecule has 4 heterocycles. The summed E-state index contributed by atoms with van der Waals surface area (Å²) < 4.78 is 6.01. The largest absolute Gasteiger partial charge is 0.490 e. The van der Waals surface area contributed by atoms with Gasteiger partial charge in [-0.3, -0.25) is 9.97 Å². The standard InChI is InChI=1S/C34H36N6O/c35-27(16-24-8-2-1-3-9-24)23-41-28-18-26(20-37-21-28)32-19-30-29-12-11-25(10-4-5-13-40-14-6-7-15-40)17-33(29)38-22-31(30)34(36)39-32/h1-4,8-12,17-22,27H,5-7,13-16,23,35H2,(H2,36,39)/b10-4+/t27-/m0/s1. The summed E-state index contributed by atoms with van der Waals surface area (Å²) in [5, 5.41) is 2.89. The average molecular weight is 545 g/mol. The molecule has 0 saturated carbocycles. The van der Waals surface area contributed by atoms with E-state index in [4.69, 9.17) is 21.2 Å². The van der Waals surface area contributed by atoms with Gasteiger partial charge in [-0.1, -0.05) is 54.6 Å². The molecule has 41 heavy (non-hydrogen) atoms. The number of nitrogens with two attached hydrogens (primary N) is 2. The Morgan fingerprint density at radius 3 is 2.63 bits per heavy atom. The zero-order chi connectivity index (χ0) is 28.0. The van der Waals surface area contributed by atoms with Crippen LogP contribution < -0.4 is 16.2 Å². The number of likely N-dealkylation sites (tertiary alicyclic amines) is 1. The number of hydrogen-bond acceptors (Lipinski definition) is 7. The highest BCUT2D eigenvalue weighted by Crippen LogP contribution is 2.32. The van der Waals surface area contributed by atoms with Crippen molar-refractivity contribution in [1.82, 2.24) is 19.9 Å². The third kappa shape index (κ3) is 6.53. The first kappa shape index (κ1) is 26.9. The monoisotopic (exact) mass is 544 g/mol. The Kier molecular flexibility index (Phi) is 8.16. The number of fused-ring (bicyclic) bond motifs is 3. The van der Waals surface area contributed by atoms with Crippen molar-refractivity contribution in [2.45, 2.75) is 31.7 Å². The zero-order valence-corrected chi connectivity index (χ0v) is 23.2. The molecule has 1 atom stereocenters. The Balaban J connectivity index is 1.20. The predicted octanol–water partition coefficient (Wildman–Crippen LogP) is 5.88. The van der Waals surface area contributed by atoms with Gasteiger partial charge in [-0.25, -0.2) is 4.98 Å². The first-order chi connectivity index (χ1) is 20.1. The second-order valence-corrected chi connectivity index (χ2v) is 10.8. The molecule has 7 heteroatoms. The van der Waals surface area contributed by atoms with Gasteiger partial charge in [0.15, 0.2) is 0 Å². The number of pyridine rings is 3. The first-order valence-corrected chi connectivity index (χ1v) is 14.4. The zero-order valence-electron chi connectivity index (χ0n) is 23.2. The molecule has 1 fully saturated rings. The molecule has 0 aliphatic carbocycles. The smallest absolute Gasteiger partial charge is 0.138 e. The second kappa shape index (κ2) is 12.5. The molecule has 0 bridgehead atoms. The Hall–Kier alpha value is -4.33. The van der Waals surface area contributed by atoms with Crippen LogP contribution in [0.4, 0.5) is 5.82 Å². The van der Waals surface area contributed by atoms with Crippen LogP contribution in [0.3, 0.4) is 0 Å². The van der Waals surface area contributed by atoms with Crippen LogP contribution in [-0.2, 0) is 6.42 Å². The molecule has 0 amide bonds. The minimum atomic E-state index is -0.126. The summed E-state index contributed by atoms with van der Waals surface area (Å²) in [6.45, 7) is 3.98. The molecule has 208 valence electrons. The molecule has 0 unspecified atom stereocenters. The topological polar surface area (TPSA) is 103 Å². The fraction of sp³-hybridized carbons (Fsp3) is 0.265. The van der Waals surface area contributed by atoms with E-state index in [9.17, 15) is 0 Å². The quantitative estimate of drug-likeness (QED) is 0.212. The van der Waals surface area contributed by atoms with Crippen molar-refractivity contribution in [3.63, 3.8) is 0 Å². The van der Waals surface area contributed by atoms with E-state index in [1.807, 2.05) is 30.5 Å². The number of aromatic nitrogens is 3. The van der Waals surface area contributed by atoms with Gasteiger partial charge in [0.2, 0.25) is 0 Å². The number of benzene rings is 2. The molecule has 1 aliphatic heterocycles. The highest BCUT2D eigenvalue weighted by Gasteiger charge is 2.12. The molecule has 7 nitrogen and oxygen atoms in total. The van der Waals surface area contributed by atoms with Crippen molar-refractivity contribution in [1.29, 1.82) is 0 Å². The van der Waals surface area contributed by atoms with Gasteiger partial charge in [0.05, 0.1) is 17.4 Å². The van der Waals surface area contributed by atoms with E-state index in [1.165, 1.54) is 31.5 Å². The summed E-state index contributed by atoms with van der Waals surface area (Å²) >= 11 is 0. The molecule has 2 aromatic carbocycles. The van der Waals surface area contributed by atoms with Crippen LogP contribution in [0.2, 0.25) is 0 Å². The molecule has 1 saturated heterocycles. The van der Waals surface area contributed by atoms with Crippen molar-refractivity contribution in [2.24, 2.45) is 5.73 Å². The SMILES string of the molecule is Nc1nc(-c2cncc(OC[C@@H](N)Cc3ccccc3)c2)cc2c1cnc1cc(/C=C/CCN3CCCC3)ccc12. The number of nitrogen functional groups attached to an aromatic ring is 1. The summed E-state index contributed by atoms with van der Waals surface area (Å²) in [6, 6.07) is 20.5. The van der Waals surface area contributed by atoms with Crippen molar-refractivity contribution in [3.8, 4) is 17.0 Å². The van der Waals surface area contributed by atoms with Crippen molar-refractivity contribution >= 4 is 33.6 Å². The summed E-state index contributed by atoms with van der Waals surface area (Å²) in [5.41, 5.74) is 17.6. The Bertz CT molecular complexity index is 1660. The fourth-order valence-corrected chi connectivity index (χ4v) is 5.50. The molecule has 4 N–H and O–H groups in total. The maximum absolute atomic E-state index is 6.42. The number of hydrogen-bond donors (Lipinski definition) is 2. The van der Waals surface area contributed by atoms with Crippen LogP contribution in [0.5, 0.6) is 5.75 Å². The van der Waals surface area contributed by atoms with Gasteiger partial charge in [0.25, 0.3) is 0 Å². The van der Waals surface area contributed by atoms with Crippen LogP contribution in [0, 0.1) is 0 Å². The number of nitrogens with zero attached hydrogens (tertiary/aromatic N) is 4. The van der Waals surface area contributed by atoms with Crippen molar-refractivity contribution in [3.05, 3.63) is 96.5 Å².